The number of carbonyl (C=O) groups excluding carboxylic acids is 2. The summed E-state index contributed by atoms with van der Waals surface area (Å²) in [4.78, 5) is 35.4. The van der Waals surface area contributed by atoms with E-state index in [-0.39, 0.29) is 29.6 Å². The van der Waals surface area contributed by atoms with Crippen molar-refractivity contribution in [3.63, 3.8) is 0 Å². The fourth-order valence-corrected chi connectivity index (χ4v) is 2.31. The van der Waals surface area contributed by atoms with Gasteiger partial charge in [-0.05, 0) is 38.5 Å². The van der Waals surface area contributed by atoms with Crippen LogP contribution in [0.4, 0.5) is 13.2 Å². The number of pyridine rings is 1. The van der Waals surface area contributed by atoms with Crippen LogP contribution >= 0.6 is 0 Å². The summed E-state index contributed by atoms with van der Waals surface area (Å²) < 4.78 is 41.4. The normalized spacial score (nSPS) is 12.4. The minimum Gasteiger partial charge on any atom is -0.468 e. The number of carbonyl (C=O) groups is 2. The monoisotopic (exact) mass is 396 g/mol. The Morgan fingerprint density at radius 3 is 2.61 bits per heavy atom. The van der Waals surface area contributed by atoms with E-state index in [4.69, 9.17) is 0 Å². The third-order valence-electron chi connectivity index (χ3n) is 3.62. The van der Waals surface area contributed by atoms with Crippen molar-refractivity contribution < 1.29 is 27.5 Å². The van der Waals surface area contributed by atoms with Crippen molar-refractivity contribution in [3.8, 4) is 5.88 Å². The van der Waals surface area contributed by atoms with E-state index in [1.165, 1.54) is 25.4 Å². The van der Waals surface area contributed by atoms with Crippen molar-refractivity contribution in [1.82, 2.24) is 20.3 Å². The van der Waals surface area contributed by atoms with Gasteiger partial charge < -0.3 is 10.1 Å². The minimum atomic E-state index is -4.45. The molecule has 2 rings (SSSR count). The molecule has 0 bridgehead atoms. The Bertz CT molecular complexity index is 871. The summed E-state index contributed by atoms with van der Waals surface area (Å²) >= 11 is 0. The molecule has 0 spiro atoms. The molecule has 0 radical (unpaired) electrons. The van der Waals surface area contributed by atoms with Gasteiger partial charge in [0.25, 0.3) is 5.91 Å². The summed E-state index contributed by atoms with van der Waals surface area (Å²) in [6.07, 6.45) is -1.69. The molecular weight excluding hydrogens is 377 g/mol. The molecule has 1 atom stereocenters. The van der Waals surface area contributed by atoms with Crippen LogP contribution in [0.25, 0.3) is 0 Å². The first-order valence-electron chi connectivity index (χ1n) is 8.33. The number of ketones is 1. The Balaban J connectivity index is 2.06. The molecule has 0 aromatic carbocycles. The Hall–Kier alpha value is -3.04. The highest BCUT2D eigenvalue weighted by Crippen LogP contribution is 2.22. The molecule has 2 aromatic heterocycles. The zero-order valence-electron chi connectivity index (χ0n) is 15.5. The fourth-order valence-electron chi connectivity index (χ4n) is 2.31. The van der Waals surface area contributed by atoms with Gasteiger partial charge >= 0.3 is 6.18 Å². The van der Waals surface area contributed by atoms with Crippen LogP contribution < -0.4 is 10.1 Å². The third-order valence-corrected chi connectivity index (χ3v) is 3.62. The van der Waals surface area contributed by atoms with Gasteiger partial charge in [-0.3, -0.25) is 9.59 Å². The standard InChI is InChI=1S/C18H19F3N4O3/c1-10-6-13(8-23-17(10)28-9-18(19,20)21)12(3)24-16(27)14-4-5-22-15(25-14)7-11(2)26/h4-6,8,12H,7,9H2,1-3H3,(H,24,27). The molecule has 0 fully saturated rings. The van der Waals surface area contributed by atoms with Crippen molar-refractivity contribution in [1.29, 1.82) is 0 Å². The first-order chi connectivity index (χ1) is 13.0. The van der Waals surface area contributed by atoms with Gasteiger partial charge in [-0.1, -0.05) is 0 Å². The molecular formula is C18H19F3N4O3. The summed E-state index contributed by atoms with van der Waals surface area (Å²) in [5.41, 5.74) is 1.10. The number of halogens is 3. The van der Waals surface area contributed by atoms with E-state index in [9.17, 15) is 22.8 Å². The first kappa shape index (κ1) is 21.3. The van der Waals surface area contributed by atoms with Crippen molar-refractivity contribution in [2.75, 3.05) is 6.61 Å². The first-order valence-corrected chi connectivity index (χ1v) is 8.33. The lowest BCUT2D eigenvalue weighted by Crippen LogP contribution is -2.28. The third kappa shape index (κ3) is 6.29. The second kappa shape index (κ2) is 8.77. The lowest BCUT2D eigenvalue weighted by molar-refractivity contribution is -0.154. The Labute approximate surface area is 159 Å². The predicted molar refractivity (Wildman–Crippen MR) is 92.8 cm³/mol. The van der Waals surface area contributed by atoms with Gasteiger partial charge in [0.1, 0.15) is 17.3 Å². The van der Waals surface area contributed by atoms with Crippen molar-refractivity contribution in [2.45, 2.75) is 39.4 Å². The molecule has 150 valence electrons. The maximum absolute atomic E-state index is 12.4. The van der Waals surface area contributed by atoms with Gasteiger partial charge in [0.2, 0.25) is 5.88 Å². The molecule has 0 saturated carbocycles. The number of aromatic nitrogens is 3. The molecule has 28 heavy (non-hydrogen) atoms. The lowest BCUT2D eigenvalue weighted by atomic mass is 10.1. The van der Waals surface area contributed by atoms with E-state index in [1.807, 2.05) is 0 Å². The number of rotatable bonds is 7. The van der Waals surface area contributed by atoms with E-state index in [0.717, 1.165) is 0 Å². The topological polar surface area (TPSA) is 94.1 Å². The smallest absolute Gasteiger partial charge is 0.422 e. The highest BCUT2D eigenvalue weighted by Gasteiger charge is 2.29. The van der Waals surface area contributed by atoms with Gasteiger partial charge in [0.05, 0.1) is 12.5 Å². The SMILES string of the molecule is CC(=O)Cc1nccc(C(=O)NC(C)c2cnc(OCC(F)(F)F)c(C)c2)n1. The van der Waals surface area contributed by atoms with Crippen LogP contribution in [0.15, 0.2) is 24.5 Å². The number of ether oxygens (including phenoxy) is 1. The molecule has 2 aromatic rings. The molecule has 1 amide bonds. The van der Waals surface area contributed by atoms with Crippen LogP contribution in [0.1, 0.15) is 47.3 Å². The summed E-state index contributed by atoms with van der Waals surface area (Å²) in [7, 11) is 0. The van der Waals surface area contributed by atoms with E-state index in [1.54, 1.807) is 19.9 Å². The number of nitrogens with zero attached hydrogens (tertiary/aromatic N) is 3. The number of alkyl halides is 3. The van der Waals surface area contributed by atoms with Gasteiger partial charge in [-0.2, -0.15) is 13.2 Å². The minimum absolute atomic E-state index is 0.0270. The van der Waals surface area contributed by atoms with Gasteiger partial charge in [-0.25, -0.2) is 15.0 Å². The van der Waals surface area contributed by atoms with Crippen molar-refractivity contribution in [2.24, 2.45) is 0 Å². The number of hydrogen-bond acceptors (Lipinski definition) is 6. The van der Waals surface area contributed by atoms with Gasteiger partial charge in [0.15, 0.2) is 6.61 Å². The second-order valence-corrected chi connectivity index (χ2v) is 6.23. The fraction of sp³-hybridized carbons (Fsp3) is 0.389. The van der Waals surface area contributed by atoms with Crippen LogP contribution in [0.5, 0.6) is 5.88 Å². The second-order valence-electron chi connectivity index (χ2n) is 6.23. The Kier molecular flexibility index (Phi) is 6.66. The molecule has 0 aliphatic rings. The zero-order chi connectivity index (χ0) is 20.9. The van der Waals surface area contributed by atoms with Crippen LogP contribution in [0.3, 0.4) is 0 Å². The van der Waals surface area contributed by atoms with E-state index >= 15 is 0 Å². The number of aryl methyl sites for hydroxylation is 1. The summed E-state index contributed by atoms with van der Waals surface area (Å²) in [5.74, 6) is -0.476. The molecule has 7 nitrogen and oxygen atoms in total. The number of nitrogens with one attached hydrogen (secondary N) is 1. The molecule has 0 saturated heterocycles. The summed E-state index contributed by atoms with van der Waals surface area (Å²) in [6, 6.07) is 2.52. The molecule has 1 unspecified atom stereocenters. The Morgan fingerprint density at radius 2 is 2.00 bits per heavy atom. The van der Waals surface area contributed by atoms with Crippen molar-refractivity contribution >= 4 is 11.7 Å². The molecule has 2 heterocycles. The van der Waals surface area contributed by atoms with Crippen LogP contribution in [0.2, 0.25) is 0 Å². The molecule has 10 heteroatoms. The highest BCUT2D eigenvalue weighted by molar-refractivity contribution is 5.92. The maximum atomic E-state index is 12.4. The van der Waals surface area contributed by atoms with Crippen molar-refractivity contribution in [3.05, 3.63) is 47.2 Å². The van der Waals surface area contributed by atoms with E-state index < -0.39 is 24.7 Å². The summed E-state index contributed by atoms with van der Waals surface area (Å²) in [5, 5.41) is 2.72. The number of Topliss-reactive ketones (excluding diaryl/α,β-unsaturated/α-hetero) is 1. The largest absolute Gasteiger partial charge is 0.468 e. The van der Waals surface area contributed by atoms with Crippen LogP contribution in [0, 0.1) is 6.92 Å². The number of amides is 1. The molecule has 1 N–H and O–H groups in total. The van der Waals surface area contributed by atoms with Gasteiger partial charge in [-0.15, -0.1) is 0 Å². The Morgan fingerprint density at radius 1 is 1.29 bits per heavy atom. The van der Waals surface area contributed by atoms with Crippen LogP contribution in [-0.4, -0.2) is 39.4 Å². The summed E-state index contributed by atoms with van der Waals surface area (Å²) in [6.45, 7) is 3.23. The average molecular weight is 396 g/mol. The highest BCUT2D eigenvalue weighted by atomic mass is 19.4. The van der Waals surface area contributed by atoms with Crippen LogP contribution in [-0.2, 0) is 11.2 Å². The average Bonchev–Trinajstić information content (AvgIpc) is 2.59. The van der Waals surface area contributed by atoms with E-state index in [0.29, 0.717) is 11.1 Å². The molecule has 0 aliphatic heterocycles. The quantitative estimate of drug-likeness (QED) is 0.774. The molecule has 0 aliphatic carbocycles. The predicted octanol–water partition coefficient (Wildman–Crippen LogP) is 2.74. The maximum Gasteiger partial charge on any atom is 0.422 e. The zero-order valence-corrected chi connectivity index (χ0v) is 15.5. The lowest BCUT2D eigenvalue weighted by Gasteiger charge is -2.16. The van der Waals surface area contributed by atoms with Gasteiger partial charge in [0, 0.05) is 18.0 Å². The number of hydrogen-bond donors (Lipinski definition) is 1. The van der Waals surface area contributed by atoms with E-state index in [2.05, 4.69) is 25.0 Å².